The van der Waals surface area contributed by atoms with Crippen LogP contribution < -0.4 is 4.90 Å². The van der Waals surface area contributed by atoms with Gasteiger partial charge in [-0.25, -0.2) is 9.97 Å². The van der Waals surface area contributed by atoms with E-state index in [1.807, 2.05) is 20.0 Å². The van der Waals surface area contributed by atoms with Crippen molar-refractivity contribution in [1.29, 1.82) is 0 Å². The Morgan fingerprint density at radius 1 is 1.47 bits per heavy atom. The molecule has 1 saturated heterocycles. The van der Waals surface area contributed by atoms with Crippen LogP contribution in [0.1, 0.15) is 45.0 Å². The Hall–Kier alpha value is -1.16. The highest BCUT2D eigenvalue weighted by Gasteiger charge is 2.37. The second kappa shape index (κ2) is 5.45. The Balaban J connectivity index is 2.26. The van der Waals surface area contributed by atoms with Crippen LogP contribution >= 0.6 is 0 Å². The predicted octanol–water partition coefficient (Wildman–Crippen LogP) is 2.33. The first-order valence-electron chi connectivity index (χ1n) is 7.27. The van der Waals surface area contributed by atoms with Gasteiger partial charge in [0, 0.05) is 30.8 Å². The van der Waals surface area contributed by atoms with Crippen molar-refractivity contribution in [3.05, 3.63) is 17.6 Å². The fraction of sp³-hybridized carbons (Fsp3) is 0.733. The molecule has 0 spiro atoms. The monoisotopic (exact) mass is 263 g/mol. The van der Waals surface area contributed by atoms with Crippen LogP contribution in [-0.4, -0.2) is 33.8 Å². The van der Waals surface area contributed by atoms with Crippen molar-refractivity contribution in [3.63, 3.8) is 0 Å². The number of nitrogens with zero attached hydrogens (tertiary/aromatic N) is 3. The summed E-state index contributed by atoms with van der Waals surface area (Å²) in [5.74, 6) is 2.18. The third kappa shape index (κ3) is 2.89. The average Bonchev–Trinajstić information content (AvgIpc) is 2.38. The summed E-state index contributed by atoms with van der Waals surface area (Å²) in [7, 11) is 0. The standard InChI is InChI=1S/C15H25N3O/c1-5-12-9-16-11(3)17-14(12)18-8-7-15(4,19)13(6-2)10-18/h9,13,19H,5-8,10H2,1-4H3/t13-,15+/m1/s1. The first kappa shape index (κ1) is 14.3. The van der Waals surface area contributed by atoms with E-state index in [0.29, 0.717) is 5.92 Å². The molecule has 1 aliphatic heterocycles. The lowest BCUT2D eigenvalue weighted by molar-refractivity contribution is -0.0184. The number of rotatable bonds is 3. The first-order valence-corrected chi connectivity index (χ1v) is 7.27. The smallest absolute Gasteiger partial charge is 0.135 e. The van der Waals surface area contributed by atoms with E-state index in [0.717, 1.165) is 44.0 Å². The predicted molar refractivity (Wildman–Crippen MR) is 77.4 cm³/mol. The van der Waals surface area contributed by atoms with Crippen LogP contribution in [0, 0.1) is 12.8 Å². The lowest BCUT2D eigenvalue weighted by Gasteiger charge is -2.43. The van der Waals surface area contributed by atoms with Crippen LogP contribution in [0.4, 0.5) is 5.82 Å². The fourth-order valence-corrected chi connectivity index (χ4v) is 2.89. The van der Waals surface area contributed by atoms with Crippen LogP contribution in [0.25, 0.3) is 0 Å². The maximum atomic E-state index is 10.4. The minimum Gasteiger partial charge on any atom is -0.390 e. The summed E-state index contributed by atoms with van der Waals surface area (Å²) < 4.78 is 0. The van der Waals surface area contributed by atoms with E-state index < -0.39 is 5.60 Å². The van der Waals surface area contributed by atoms with Gasteiger partial charge in [-0.1, -0.05) is 13.8 Å². The van der Waals surface area contributed by atoms with Gasteiger partial charge in [0.05, 0.1) is 5.60 Å². The number of aryl methyl sites for hydroxylation is 2. The van der Waals surface area contributed by atoms with Crippen LogP contribution in [0.15, 0.2) is 6.20 Å². The topological polar surface area (TPSA) is 49.2 Å². The normalized spacial score (nSPS) is 27.6. The second-order valence-electron chi connectivity index (χ2n) is 5.78. The maximum absolute atomic E-state index is 10.4. The summed E-state index contributed by atoms with van der Waals surface area (Å²) in [4.78, 5) is 11.2. The molecule has 0 saturated carbocycles. The summed E-state index contributed by atoms with van der Waals surface area (Å²) in [5, 5.41) is 10.4. The molecule has 2 heterocycles. The molecule has 0 unspecified atom stereocenters. The van der Waals surface area contributed by atoms with E-state index in [-0.39, 0.29) is 0 Å². The quantitative estimate of drug-likeness (QED) is 0.909. The van der Waals surface area contributed by atoms with E-state index in [1.54, 1.807) is 0 Å². The molecule has 1 N–H and O–H groups in total. The summed E-state index contributed by atoms with van der Waals surface area (Å²) in [6.07, 6.45) is 4.68. The Labute approximate surface area is 115 Å². The Bertz CT molecular complexity index is 445. The third-order valence-corrected chi connectivity index (χ3v) is 4.34. The molecule has 1 aromatic rings. The van der Waals surface area contributed by atoms with Crippen LogP contribution in [0.3, 0.4) is 0 Å². The molecule has 106 valence electrons. The van der Waals surface area contributed by atoms with Crippen molar-refractivity contribution in [2.45, 2.75) is 52.6 Å². The van der Waals surface area contributed by atoms with Gasteiger partial charge in [-0.2, -0.15) is 0 Å². The summed E-state index contributed by atoms with van der Waals surface area (Å²) in [6.45, 7) is 9.92. The van der Waals surface area contributed by atoms with Crippen LogP contribution in [0.2, 0.25) is 0 Å². The van der Waals surface area contributed by atoms with Gasteiger partial charge in [-0.3, -0.25) is 0 Å². The summed E-state index contributed by atoms with van der Waals surface area (Å²) >= 11 is 0. The molecule has 0 amide bonds. The van der Waals surface area contributed by atoms with E-state index in [1.165, 1.54) is 5.56 Å². The number of aromatic nitrogens is 2. The summed E-state index contributed by atoms with van der Waals surface area (Å²) in [5.41, 5.74) is 0.654. The molecule has 4 heteroatoms. The van der Waals surface area contributed by atoms with Gasteiger partial charge < -0.3 is 10.0 Å². The molecular weight excluding hydrogens is 238 g/mol. The molecule has 1 aromatic heterocycles. The Morgan fingerprint density at radius 3 is 2.84 bits per heavy atom. The van der Waals surface area contributed by atoms with E-state index in [9.17, 15) is 5.11 Å². The molecule has 4 nitrogen and oxygen atoms in total. The molecule has 1 aliphatic rings. The van der Waals surface area contributed by atoms with E-state index in [4.69, 9.17) is 0 Å². The van der Waals surface area contributed by atoms with Crippen molar-refractivity contribution >= 4 is 5.82 Å². The zero-order chi connectivity index (χ0) is 14.0. The largest absolute Gasteiger partial charge is 0.390 e. The van der Waals surface area contributed by atoms with Crippen molar-refractivity contribution in [2.24, 2.45) is 5.92 Å². The lowest BCUT2D eigenvalue weighted by atomic mass is 9.81. The fourth-order valence-electron chi connectivity index (χ4n) is 2.89. The van der Waals surface area contributed by atoms with E-state index >= 15 is 0 Å². The Morgan fingerprint density at radius 2 is 2.21 bits per heavy atom. The maximum Gasteiger partial charge on any atom is 0.135 e. The molecule has 1 fully saturated rings. The van der Waals surface area contributed by atoms with Crippen LogP contribution in [-0.2, 0) is 6.42 Å². The second-order valence-corrected chi connectivity index (χ2v) is 5.78. The summed E-state index contributed by atoms with van der Waals surface area (Å²) in [6, 6.07) is 0. The minimum atomic E-state index is -0.542. The molecular formula is C15H25N3O. The van der Waals surface area contributed by atoms with Crippen molar-refractivity contribution in [3.8, 4) is 0 Å². The number of aliphatic hydroxyl groups is 1. The van der Waals surface area contributed by atoms with Gasteiger partial charge in [0.1, 0.15) is 11.6 Å². The van der Waals surface area contributed by atoms with E-state index in [2.05, 4.69) is 28.7 Å². The van der Waals surface area contributed by atoms with Gasteiger partial charge >= 0.3 is 0 Å². The zero-order valence-corrected chi connectivity index (χ0v) is 12.5. The van der Waals surface area contributed by atoms with Gasteiger partial charge in [0.25, 0.3) is 0 Å². The van der Waals surface area contributed by atoms with Gasteiger partial charge in [-0.05, 0) is 33.1 Å². The number of anilines is 1. The molecule has 2 atom stereocenters. The molecule has 19 heavy (non-hydrogen) atoms. The van der Waals surface area contributed by atoms with Crippen molar-refractivity contribution in [1.82, 2.24) is 9.97 Å². The van der Waals surface area contributed by atoms with Gasteiger partial charge in [0.15, 0.2) is 0 Å². The molecule has 0 aliphatic carbocycles. The highest BCUT2D eigenvalue weighted by Crippen LogP contribution is 2.32. The van der Waals surface area contributed by atoms with Gasteiger partial charge in [-0.15, -0.1) is 0 Å². The average molecular weight is 263 g/mol. The highest BCUT2D eigenvalue weighted by atomic mass is 16.3. The molecule has 0 bridgehead atoms. The number of hydrogen-bond donors (Lipinski definition) is 1. The van der Waals surface area contributed by atoms with Gasteiger partial charge in [0.2, 0.25) is 0 Å². The Kier molecular flexibility index (Phi) is 4.09. The minimum absolute atomic E-state index is 0.307. The highest BCUT2D eigenvalue weighted by molar-refractivity contribution is 5.47. The zero-order valence-electron chi connectivity index (χ0n) is 12.5. The van der Waals surface area contributed by atoms with Crippen molar-refractivity contribution < 1.29 is 5.11 Å². The molecule has 0 aromatic carbocycles. The third-order valence-electron chi connectivity index (χ3n) is 4.34. The van der Waals surface area contributed by atoms with Crippen LogP contribution in [0.5, 0.6) is 0 Å². The van der Waals surface area contributed by atoms with Crippen molar-refractivity contribution in [2.75, 3.05) is 18.0 Å². The number of piperidine rings is 1. The number of hydrogen-bond acceptors (Lipinski definition) is 4. The lowest BCUT2D eigenvalue weighted by Crippen LogP contribution is -2.50. The molecule has 2 rings (SSSR count). The molecule has 0 radical (unpaired) electrons. The first-order chi connectivity index (χ1) is 8.97. The SMILES string of the molecule is CCc1cnc(C)nc1N1CC[C@](C)(O)[C@H](CC)C1.